The number of anilines is 1. The molecule has 100 valence electrons. The van der Waals surface area contributed by atoms with E-state index >= 15 is 0 Å². The summed E-state index contributed by atoms with van der Waals surface area (Å²) < 4.78 is 0. The van der Waals surface area contributed by atoms with Gasteiger partial charge in [0.05, 0.1) is 17.1 Å². The number of rotatable bonds is 5. The number of carbonyl (C=O) groups excluding carboxylic acids is 1. The Kier molecular flexibility index (Phi) is 4.70. The van der Waals surface area contributed by atoms with Gasteiger partial charge < -0.3 is 10.6 Å². The maximum atomic E-state index is 12.0. The third-order valence-electron chi connectivity index (χ3n) is 2.34. The summed E-state index contributed by atoms with van der Waals surface area (Å²) in [5.41, 5.74) is 0.407. The Morgan fingerprint density at radius 3 is 3.00 bits per heavy atom. The van der Waals surface area contributed by atoms with E-state index in [1.807, 2.05) is 12.3 Å². The van der Waals surface area contributed by atoms with E-state index in [4.69, 9.17) is 11.6 Å². The lowest BCUT2D eigenvalue weighted by Crippen LogP contribution is -2.23. The largest absolute Gasteiger partial charge is 0.370 e. The highest BCUT2D eigenvalue weighted by molar-refractivity contribution is 7.09. The van der Waals surface area contributed by atoms with Gasteiger partial charge in [0, 0.05) is 24.3 Å². The number of halogens is 1. The van der Waals surface area contributed by atoms with Crippen LogP contribution in [0.5, 0.6) is 0 Å². The lowest BCUT2D eigenvalue weighted by atomic mass is 10.2. The first kappa shape index (κ1) is 13.8. The summed E-state index contributed by atoms with van der Waals surface area (Å²) in [6.45, 7) is 3.08. The van der Waals surface area contributed by atoms with Crippen molar-refractivity contribution in [3.63, 3.8) is 0 Å². The molecule has 5 nitrogen and oxygen atoms in total. The molecular weight excluding hydrogens is 284 g/mol. The summed E-state index contributed by atoms with van der Waals surface area (Å²) in [6.07, 6.45) is 3.17. The van der Waals surface area contributed by atoms with E-state index < -0.39 is 0 Å². The number of nitrogens with one attached hydrogen (secondary N) is 2. The van der Waals surface area contributed by atoms with Crippen LogP contribution in [0.15, 0.2) is 23.8 Å². The van der Waals surface area contributed by atoms with E-state index in [-0.39, 0.29) is 5.91 Å². The van der Waals surface area contributed by atoms with Crippen LogP contribution in [-0.4, -0.2) is 22.4 Å². The number of carbonyl (C=O) groups is 1. The normalized spacial score (nSPS) is 10.2. The predicted octanol–water partition coefficient (Wildman–Crippen LogP) is 2.55. The molecule has 7 heteroatoms. The number of pyridine rings is 1. The van der Waals surface area contributed by atoms with Gasteiger partial charge >= 0.3 is 0 Å². The molecule has 2 N–H and O–H groups in total. The second kappa shape index (κ2) is 6.49. The molecule has 2 rings (SSSR count). The van der Waals surface area contributed by atoms with Crippen LogP contribution in [0.4, 0.5) is 5.82 Å². The van der Waals surface area contributed by atoms with Gasteiger partial charge in [0.1, 0.15) is 10.8 Å². The maximum Gasteiger partial charge on any atom is 0.253 e. The lowest BCUT2D eigenvalue weighted by Gasteiger charge is -2.08. The van der Waals surface area contributed by atoms with Crippen LogP contribution < -0.4 is 10.6 Å². The maximum absolute atomic E-state index is 12.0. The van der Waals surface area contributed by atoms with Gasteiger partial charge in [-0.2, -0.15) is 0 Å². The Hall–Kier alpha value is -1.66. The highest BCUT2D eigenvalue weighted by Gasteiger charge is 2.12. The number of nitrogens with zero attached hydrogens (tertiary/aromatic N) is 2. The van der Waals surface area contributed by atoms with Crippen molar-refractivity contribution in [2.75, 3.05) is 11.9 Å². The van der Waals surface area contributed by atoms with Crippen LogP contribution in [0.25, 0.3) is 0 Å². The fraction of sp³-hybridized carbons (Fsp3) is 0.250. The SMILES string of the molecule is CCNc1cc(C(=O)NCc2nccs2)c(Cl)cn1. The van der Waals surface area contributed by atoms with Crippen LogP contribution in [0, 0.1) is 0 Å². The van der Waals surface area contributed by atoms with Crippen molar-refractivity contribution >= 4 is 34.7 Å². The number of hydrogen-bond donors (Lipinski definition) is 2. The van der Waals surface area contributed by atoms with E-state index in [0.29, 0.717) is 22.9 Å². The summed E-state index contributed by atoms with van der Waals surface area (Å²) in [5.74, 6) is 0.396. The standard InChI is InChI=1S/C12H13ClN4OS/c1-2-14-10-5-8(9(13)6-16-10)12(18)17-7-11-15-3-4-19-11/h3-6H,2,7H2,1H3,(H,14,16)(H,17,18). The lowest BCUT2D eigenvalue weighted by molar-refractivity contribution is 0.0951. The van der Waals surface area contributed by atoms with Crippen LogP contribution >= 0.6 is 22.9 Å². The van der Waals surface area contributed by atoms with E-state index in [1.165, 1.54) is 17.5 Å². The van der Waals surface area contributed by atoms with E-state index in [9.17, 15) is 4.79 Å². The molecule has 0 radical (unpaired) electrons. The summed E-state index contributed by atoms with van der Waals surface area (Å²) in [7, 11) is 0. The Labute approximate surface area is 120 Å². The Bertz CT molecular complexity index is 559. The topological polar surface area (TPSA) is 66.9 Å². The fourth-order valence-electron chi connectivity index (χ4n) is 1.48. The van der Waals surface area contributed by atoms with Gasteiger partial charge in [-0.1, -0.05) is 11.6 Å². The van der Waals surface area contributed by atoms with Gasteiger partial charge in [-0.15, -0.1) is 11.3 Å². The third kappa shape index (κ3) is 3.65. The molecule has 0 saturated heterocycles. The van der Waals surface area contributed by atoms with Gasteiger partial charge in [-0.3, -0.25) is 4.79 Å². The minimum absolute atomic E-state index is 0.234. The van der Waals surface area contributed by atoms with Crippen molar-refractivity contribution in [3.05, 3.63) is 39.4 Å². The Morgan fingerprint density at radius 1 is 1.47 bits per heavy atom. The summed E-state index contributed by atoms with van der Waals surface area (Å²) in [6, 6.07) is 1.64. The van der Waals surface area contributed by atoms with E-state index in [1.54, 1.807) is 12.3 Å². The summed E-state index contributed by atoms with van der Waals surface area (Å²) in [4.78, 5) is 20.2. The molecule has 0 aliphatic heterocycles. The molecule has 2 aromatic rings. The van der Waals surface area contributed by atoms with Crippen molar-refractivity contribution in [2.24, 2.45) is 0 Å². The van der Waals surface area contributed by atoms with Gasteiger partial charge in [-0.25, -0.2) is 9.97 Å². The first-order valence-electron chi connectivity index (χ1n) is 5.76. The number of hydrogen-bond acceptors (Lipinski definition) is 5. The molecule has 0 saturated carbocycles. The third-order valence-corrected chi connectivity index (χ3v) is 3.42. The minimum Gasteiger partial charge on any atom is -0.370 e. The zero-order chi connectivity index (χ0) is 13.7. The minimum atomic E-state index is -0.234. The smallest absolute Gasteiger partial charge is 0.253 e. The van der Waals surface area contributed by atoms with Crippen LogP contribution in [0.2, 0.25) is 5.02 Å². The van der Waals surface area contributed by atoms with Crippen LogP contribution in [0.3, 0.4) is 0 Å². The molecule has 0 unspecified atom stereocenters. The van der Waals surface area contributed by atoms with E-state index in [2.05, 4.69) is 20.6 Å². The number of aromatic nitrogens is 2. The first-order chi connectivity index (χ1) is 9.20. The molecule has 2 heterocycles. The zero-order valence-electron chi connectivity index (χ0n) is 10.3. The molecule has 0 fully saturated rings. The molecule has 0 aliphatic rings. The van der Waals surface area contributed by atoms with Crippen molar-refractivity contribution in [3.8, 4) is 0 Å². The second-order valence-electron chi connectivity index (χ2n) is 3.69. The van der Waals surface area contributed by atoms with Crippen LogP contribution in [0.1, 0.15) is 22.3 Å². The zero-order valence-corrected chi connectivity index (χ0v) is 11.9. The summed E-state index contributed by atoms with van der Waals surface area (Å²) >= 11 is 7.48. The fourth-order valence-corrected chi connectivity index (χ4v) is 2.23. The molecule has 0 aliphatic carbocycles. The molecule has 1 amide bonds. The van der Waals surface area contributed by atoms with Gasteiger partial charge in [-0.05, 0) is 13.0 Å². The van der Waals surface area contributed by atoms with Crippen molar-refractivity contribution in [1.29, 1.82) is 0 Å². The second-order valence-corrected chi connectivity index (χ2v) is 5.07. The van der Waals surface area contributed by atoms with Crippen molar-refractivity contribution in [2.45, 2.75) is 13.5 Å². The number of thiazole rings is 1. The van der Waals surface area contributed by atoms with Crippen molar-refractivity contribution in [1.82, 2.24) is 15.3 Å². The Balaban J connectivity index is 2.07. The Morgan fingerprint density at radius 2 is 2.32 bits per heavy atom. The van der Waals surface area contributed by atoms with E-state index in [0.717, 1.165) is 11.6 Å². The molecular formula is C12H13ClN4OS. The predicted molar refractivity (Wildman–Crippen MR) is 76.7 cm³/mol. The highest BCUT2D eigenvalue weighted by atomic mass is 35.5. The molecule has 2 aromatic heterocycles. The monoisotopic (exact) mass is 296 g/mol. The molecule has 0 spiro atoms. The van der Waals surface area contributed by atoms with Crippen LogP contribution in [-0.2, 0) is 6.54 Å². The highest BCUT2D eigenvalue weighted by Crippen LogP contribution is 2.18. The number of amides is 1. The summed E-state index contributed by atoms with van der Waals surface area (Å²) in [5, 5.41) is 8.87. The quantitative estimate of drug-likeness (QED) is 0.890. The molecule has 0 atom stereocenters. The molecule has 0 bridgehead atoms. The first-order valence-corrected chi connectivity index (χ1v) is 7.02. The van der Waals surface area contributed by atoms with Crippen molar-refractivity contribution < 1.29 is 4.79 Å². The molecule has 0 aromatic carbocycles. The van der Waals surface area contributed by atoms with Gasteiger partial charge in [0.15, 0.2) is 0 Å². The van der Waals surface area contributed by atoms with Gasteiger partial charge in [0.2, 0.25) is 0 Å². The molecule has 19 heavy (non-hydrogen) atoms. The van der Waals surface area contributed by atoms with Gasteiger partial charge in [0.25, 0.3) is 5.91 Å². The average molecular weight is 297 g/mol. The average Bonchev–Trinajstić information content (AvgIpc) is 2.92.